The SMILES string of the molecule is CN(Cc1ccc(Cl)c(Cl)c1)C(=O)CSc1nnc(-c2ccco2)o1. The number of thioether (sulfide) groups is 1. The molecule has 0 atom stereocenters. The van der Waals surface area contributed by atoms with Gasteiger partial charge in [-0.05, 0) is 29.8 Å². The molecule has 0 unspecified atom stereocenters. The fourth-order valence-electron chi connectivity index (χ4n) is 2.00. The van der Waals surface area contributed by atoms with Crippen LogP contribution < -0.4 is 0 Å². The topological polar surface area (TPSA) is 72.4 Å². The molecule has 130 valence electrons. The van der Waals surface area contributed by atoms with Crippen LogP contribution in [-0.4, -0.2) is 33.8 Å². The molecule has 0 spiro atoms. The number of carbonyl (C=O) groups excluding carboxylic acids is 1. The minimum Gasteiger partial charge on any atom is -0.459 e. The molecule has 0 fully saturated rings. The summed E-state index contributed by atoms with van der Waals surface area (Å²) in [4.78, 5) is 13.8. The molecule has 1 aromatic carbocycles. The minimum atomic E-state index is -0.0752. The lowest BCUT2D eigenvalue weighted by molar-refractivity contribution is -0.127. The van der Waals surface area contributed by atoms with Crippen molar-refractivity contribution in [2.45, 2.75) is 11.8 Å². The Labute approximate surface area is 158 Å². The highest BCUT2D eigenvalue weighted by Crippen LogP contribution is 2.25. The smallest absolute Gasteiger partial charge is 0.284 e. The highest BCUT2D eigenvalue weighted by molar-refractivity contribution is 7.99. The number of hydrogen-bond donors (Lipinski definition) is 0. The fourth-order valence-corrected chi connectivity index (χ4v) is 3.03. The zero-order valence-corrected chi connectivity index (χ0v) is 15.4. The van der Waals surface area contributed by atoms with E-state index in [1.807, 2.05) is 6.07 Å². The highest BCUT2D eigenvalue weighted by atomic mass is 35.5. The number of hydrogen-bond acceptors (Lipinski definition) is 6. The molecule has 0 saturated heterocycles. The average Bonchev–Trinajstić information content (AvgIpc) is 3.26. The molecule has 25 heavy (non-hydrogen) atoms. The Hall–Kier alpha value is -1.96. The molecule has 1 amide bonds. The predicted molar refractivity (Wildman–Crippen MR) is 95.7 cm³/mol. The molecule has 0 aliphatic carbocycles. The Morgan fingerprint density at radius 1 is 1.24 bits per heavy atom. The van der Waals surface area contributed by atoms with E-state index in [2.05, 4.69) is 10.2 Å². The van der Waals surface area contributed by atoms with Gasteiger partial charge in [0.05, 0.1) is 22.1 Å². The van der Waals surface area contributed by atoms with Gasteiger partial charge in [-0.2, -0.15) is 0 Å². The third-order valence-corrected chi connectivity index (χ3v) is 4.83. The van der Waals surface area contributed by atoms with E-state index in [0.717, 1.165) is 5.56 Å². The van der Waals surface area contributed by atoms with Gasteiger partial charge in [-0.1, -0.05) is 41.0 Å². The second kappa shape index (κ2) is 7.95. The van der Waals surface area contributed by atoms with Crippen LogP contribution in [0.3, 0.4) is 0 Å². The number of furan rings is 1. The van der Waals surface area contributed by atoms with E-state index in [1.165, 1.54) is 18.0 Å². The van der Waals surface area contributed by atoms with Crippen molar-refractivity contribution >= 4 is 40.9 Å². The molecule has 0 aliphatic heterocycles. The van der Waals surface area contributed by atoms with Gasteiger partial charge >= 0.3 is 0 Å². The second-order valence-corrected chi connectivity index (χ2v) is 6.88. The molecule has 2 heterocycles. The van der Waals surface area contributed by atoms with Crippen LogP contribution in [-0.2, 0) is 11.3 Å². The van der Waals surface area contributed by atoms with Crippen molar-refractivity contribution in [1.29, 1.82) is 0 Å². The van der Waals surface area contributed by atoms with Crippen LogP contribution in [0.25, 0.3) is 11.7 Å². The first-order valence-corrected chi connectivity index (χ1v) is 8.95. The van der Waals surface area contributed by atoms with Gasteiger partial charge in [0.2, 0.25) is 5.91 Å². The van der Waals surface area contributed by atoms with Crippen LogP contribution in [0.4, 0.5) is 0 Å². The molecule has 3 rings (SSSR count). The summed E-state index contributed by atoms with van der Waals surface area (Å²) >= 11 is 13.0. The first kappa shape index (κ1) is 17.8. The predicted octanol–water partition coefficient (Wildman–Crippen LogP) is 4.39. The number of benzene rings is 1. The standard InChI is InChI=1S/C16H13Cl2N3O3S/c1-21(8-10-4-5-11(17)12(18)7-10)14(22)9-25-16-20-19-15(24-16)13-3-2-6-23-13/h2-7H,8-9H2,1H3. The van der Waals surface area contributed by atoms with Gasteiger partial charge < -0.3 is 13.7 Å². The van der Waals surface area contributed by atoms with Crippen molar-refractivity contribution in [2.24, 2.45) is 0 Å². The number of carbonyl (C=O) groups is 1. The second-order valence-electron chi connectivity index (χ2n) is 5.14. The average molecular weight is 398 g/mol. The van der Waals surface area contributed by atoms with Crippen molar-refractivity contribution in [1.82, 2.24) is 15.1 Å². The van der Waals surface area contributed by atoms with E-state index in [0.29, 0.717) is 27.6 Å². The lowest BCUT2D eigenvalue weighted by atomic mass is 10.2. The molecule has 9 heteroatoms. The summed E-state index contributed by atoms with van der Waals surface area (Å²) in [5.41, 5.74) is 0.896. The van der Waals surface area contributed by atoms with Crippen molar-refractivity contribution in [3.8, 4) is 11.7 Å². The van der Waals surface area contributed by atoms with Crippen LogP contribution in [0, 0.1) is 0 Å². The van der Waals surface area contributed by atoms with Gasteiger partial charge in [0.15, 0.2) is 5.76 Å². The molecule has 0 bridgehead atoms. The maximum atomic E-state index is 12.2. The summed E-state index contributed by atoms with van der Waals surface area (Å²) in [6, 6.07) is 8.74. The normalized spacial score (nSPS) is 10.8. The third-order valence-electron chi connectivity index (χ3n) is 3.29. The Balaban J connectivity index is 1.54. The van der Waals surface area contributed by atoms with Gasteiger partial charge in [-0.3, -0.25) is 4.79 Å². The molecular formula is C16H13Cl2N3O3S. The van der Waals surface area contributed by atoms with Gasteiger partial charge in [0.25, 0.3) is 11.1 Å². The molecule has 0 saturated carbocycles. The van der Waals surface area contributed by atoms with Gasteiger partial charge in [-0.25, -0.2) is 0 Å². The summed E-state index contributed by atoms with van der Waals surface area (Å²) in [7, 11) is 1.72. The summed E-state index contributed by atoms with van der Waals surface area (Å²) < 4.78 is 10.6. The van der Waals surface area contributed by atoms with E-state index in [1.54, 1.807) is 36.2 Å². The lowest BCUT2D eigenvalue weighted by Gasteiger charge is -2.17. The maximum Gasteiger partial charge on any atom is 0.284 e. The number of amides is 1. The summed E-state index contributed by atoms with van der Waals surface area (Å²) in [5.74, 6) is 0.873. The highest BCUT2D eigenvalue weighted by Gasteiger charge is 2.15. The van der Waals surface area contributed by atoms with Crippen molar-refractivity contribution in [2.75, 3.05) is 12.8 Å². The van der Waals surface area contributed by atoms with Crippen molar-refractivity contribution in [3.63, 3.8) is 0 Å². The van der Waals surface area contributed by atoms with Gasteiger partial charge in [-0.15, -0.1) is 10.2 Å². The number of rotatable bonds is 6. The van der Waals surface area contributed by atoms with Crippen LogP contribution in [0.15, 0.2) is 50.7 Å². The minimum absolute atomic E-state index is 0.0752. The Morgan fingerprint density at radius 2 is 2.08 bits per heavy atom. The summed E-state index contributed by atoms with van der Waals surface area (Å²) in [6.07, 6.45) is 1.52. The molecule has 0 radical (unpaired) electrons. The van der Waals surface area contributed by atoms with E-state index >= 15 is 0 Å². The number of nitrogens with zero attached hydrogens (tertiary/aromatic N) is 3. The van der Waals surface area contributed by atoms with Gasteiger partial charge in [0.1, 0.15) is 0 Å². The molecule has 0 N–H and O–H groups in total. The fraction of sp³-hybridized carbons (Fsp3) is 0.188. The molecule has 2 aromatic heterocycles. The first-order chi connectivity index (χ1) is 12.0. The Bertz CT molecular complexity index is 867. The number of aromatic nitrogens is 2. The van der Waals surface area contributed by atoms with E-state index in [4.69, 9.17) is 32.0 Å². The quantitative estimate of drug-likeness (QED) is 0.574. The maximum absolute atomic E-state index is 12.2. The van der Waals surface area contributed by atoms with Crippen LogP contribution in [0.2, 0.25) is 10.0 Å². The summed E-state index contributed by atoms with van der Waals surface area (Å²) in [5, 5.41) is 9.03. The van der Waals surface area contributed by atoms with Crippen LogP contribution >= 0.6 is 35.0 Å². The van der Waals surface area contributed by atoms with E-state index < -0.39 is 0 Å². The Morgan fingerprint density at radius 3 is 2.80 bits per heavy atom. The number of halogens is 2. The first-order valence-electron chi connectivity index (χ1n) is 7.21. The van der Waals surface area contributed by atoms with Crippen molar-refractivity contribution in [3.05, 3.63) is 52.2 Å². The molecular weight excluding hydrogens is 385 g/mol. The van der Waals surface area contributed by atoms with Gasteiger partial charge in [0, 0.05) is 13.6 Å². The molecule has 6 nitrogen and oxygen atoms in total. The van der Waals surface area contributed by atoms with E-state index in [-0.39, 0.29) is 17.6 Å². The molecule has 3 aromatic rings. The zero-order valence-electron chi connectivity index (χ0n) is 13.1. The largest absolute Gasteiger partial charge is 0.459 e. The van der Waals surface area contributed by atoms with Crippen LogP contribution in [0.5, 0.6) is 0 Å². The molecule has 0 aliphatic rings. The van der Waals surface area contributed by atoms with Crippen LogP contribution in [0.1, 0.15) is 5.56 Å². The van der Waals surface area contributed by atoms with E-state index in [9.17, 15) is 4.79 Å². The lowest BCUT2D eigenvalue weighted by Crippen LogP contribution is -2.27. The monoisotopic (exact) mass is 397 g/mol. The Kier molecular flexibility index (Phi) is 5.67. The summed E-state index contributed by atoms with van der Waals surface area (Å²) in [6.45, 7) is 0.428. The van der Waals surface area contributed by atoms with Crippen molar-refractivity contribution < 1.29 is 13.6 Å². The third kappa shape index (κ3) is 4.56. The zero-order chi connectivity index (χ0) is 17.8.